The first kappa shape index (κ1) is 22.8. The van der Waals surface area contributed by atoms with Gasteiger partial charge in [0.2, 0.25) is 5.89 Å². The van der Waals surface area contributed by atoms with Crippen LogP contribution in [0.2, 0.25) is 0 Å². The molecule has 0 aliphatic heterocycles. The van der Waals surface area contributed by atoms with E-state index in [1.165, 1.54) is 0 Å². The number of carbonyl (C=O) groups excluding carboxylic acids is 2. The number of nitrogens with zero attached hydrogens (tertiary/aromatic N) is 3. The summed E-state index contributed by atoms with van der Waals surface area (Å²) in [5.74, 6) is -0.177. The Bertz CT molecular complexity index is 1490. The number of oxazole rings is 1. The van der Waals surface area contributed by atoms with Gasteiger partial charge in [-0.15, -0.1) is 0 Å². The molecule has 2 aromatic heterocycles. The van der Waals surface area contributed by atoms with Gasteiger partial charge >= 0.3 is 5.97 Å². The zero-order valence-electron chi connectivity index (χ0n) is 19.4. The number of nitrogens with one attached hydrogen (secondary N) is 1. The first-order chi connectivity index (χ1) is 17.6. The molecule has 2 heterocycles. The molecule has 1 N–H and O–H groups in total. The predicted octanol–water partition coefficient (Wildman–Crippen LogP) is 5.30. The van der Waals surface area contributed by atoms with Gasteiger partial charge in [0.25, 0.3) is 5.91 Å². The monoisotopic (exact) mass is 478 g/mol. The summed E-state index contributed by atoms with van der Waals surface area (Å²) in [5, 5.41) is 7.45. The highest BCUT2D eigenvalue weighted by atomic mass is 16.5. The average Bonchev–Trinajstić information content (AvgIpc) is 3.52. The Kier molecular flexibility index (Phi) is 6.40. The van der Waals surface area contributed by atoms with E-state index in [2.05, 4.69) is 15.4 Å². The van der Waals surface area contributed by atoms with Crippen LogP contribution in [0.4, 0.5) is 5.82 Å². The first-order valence-corrected chi connectivity index (χ1v) is 11.3. The lowest BCUT2D eigenvalue weighted by Gasteiger charge is -2.09. The smallest absolute Gasteiger partial charge is 0.361 e. The maximum absolute atomic E-state index is 12.7. The minimum absolute atomic E-state index is 0.0299. The predicted molar refractivity (Wildman–Crippen MR) is 135 cm³/mol. The number of para-hydroxylation sites is 1. The van der Waals surface area contributed by atoms with Crippen LogP contribution >= 0.6 is 0 Å². The Morgan fingerprint density at radius 2 is 1.50 bits per heavy atom. The van der Waals surface area contributed by atoms with Crippen molar-refractivity contribution in [3.8, 4) is 28.4 Å². The van der Waals surface area contributed by atoms with Gasteiger partial charge in [-0.25, -0.2) is 14.5 Å². The number of benzene rings is 3. The first-order valence-electron chi connectivity index (χ1n) is 11.3. The third kappa shape index (κ3) is 4.92. The molecular formula is C28H22N4O4. The van der Waals surface area contributed by atoms with E-state index in [1.807, 2.05) is 91.0 Å². The van der Waals surface area contributed by atoms with Gasteiger partial charge in [0, 0.05) is 17.2 Å². The Morgan fingerprint density at radius 1 is 0.889 bits per heavy atom. The zero-order valence-corrected chi connectivity index (χ0v) is 19.4. The fraction of sp³-hybridized carbons (Fsp3) is 0.0714. The highest BCUT2D eigenvalue weighted by Gasteiger charge is 2.21. The number of anilines is 1. The lowest BCUT2D eigenvalue weighted by molar-refractivity contribution is -0.119. The molecule has 3 aromatic carbocycles. The van der Waals surface area contributed by atoms with Crippen LogP contribution in [0, 0.1) is 6.92 Å². The van der Waals surface area contributed by atoms with E-state index in [4.69, 9.17) is 9.15 Å². The van der Waals surface area contributed by atoms with Crippen molar-refractivity contribution in [2.24, 2.45) is 0 Å². The fourth-order valence-corrected chi connectivity index (χ4v) is 3.65. The standard InChI is InChI=1S/C28H22N4O4/c1-19-26(30-27(36-19)21-13-7-3-8-14-21)28(34)35-18-25(33)29-24-17-23(20-11-5-2-6-12-20)31-32(24)22-15-9-4-10-16-22/h2-17H,18H2,1H3,(H,29,33). The van der Waals surface area contributed by atoms with Crippen molar-refractivity contribution >= 4 is 17.7 Å². The normalized spacial score (nSPS) is 10.7. The van der Waals surface area contributed by atoms with Crippen molar-refractivity contribution in [1.82, 2.24) is 14.8 Å². The molecule has 0 atom stereocenters. The summed E-state index contributed by atoms with van der Waals surface area (Å²) in [6.45, 7) is 1.13. The lowest BCUT2D eigenvalue weighted by Crippen LogP contribution is -2.22. The Morgan fingerprint density at radius 3 is 2.17 bits per heavy atom. The van der Waals surface area contributed by atoms with E-state index < -0.39 is 18.5 Å². The van der Waals surface area contributed by atoms with Crippen LogP contribution in [-0.4, -0.2) is 33.2 Å². The largest absolute Gasteiger partial charge is 0.451 e. The average molecular weight is 479 g/mol. The molecule has 0 aliphatic carbocycles. The third-order valence-electron chi connectivity index (χ3n) is 5.39. The number of rotatable bonds is 7. The molecule has 5 rings (SSSR count). The fourth-order valence-electron chi connectivity index (χ4n) is 3.65. The summed E-state index contributed by atoms with van der Waals surface area (Å²) in [6.07, 6.45) is 0. The van der Waals surface area contributed by atoms with Crippen LogP contribution in [0.25, 0.3) is 28.4 Å². The molecule has 5 aromatic rings. The topological polar surface area (TPSA) is 99.2 Å². The molecule has 0 spiro atoms. The van der Waals surface area contributed by atoms with Crippen molar-refractivity contribution in [1.29, 1.82) is 0 Å². The van der Waals surface area contributed by atoms with Crippen molar-refractivity contribution in [3.63, 3.8) is 0 Å². The number of aromatic nitrogens is 3. The molecule has 36 heavy (non-hydrogen) atoms. The van der Waals surface area contributed by atoms with Gasteiger partial charge in [0.05, 0.1) is 11.4 Å². The molecule has 1 amide bonds. The second-order valence-corrected chi connectivity index (χ2v) is 7.94. The van der Waals surface area contributed by atoms with Gasteiger partial charge in [0.15, 0.2) is 12.3 Å². The van der Waals surface area contributed by atoms with Crippen LogP contribution in [-0.2, 0) is 9.53 Å². The van der Waals surface area contributed by atoms with E-state index in [0.717, 1.165) is 16.8 Å². The molecule has 0 saturated heterocycles. The zero-order chi connectivity index (χ0) is 24.9. The van der Waals surface area contributed by atoms with Crippen LogP contribution in [0.1, 0.15) is 16.2 Å². The van der Waals surface area contributed by atoms with Crippen molar-refractivity contribution in [2.45, 2.75) is 6.92 Å². The van der Waals surface area contributed by atoms with Gasteiger partial charge in [-0.05, 0) is 31.2 Å². The lowest BCUT2D eigenvalue weighted by atomic mass is 10.2. The molecule has 0 radical (unpaired) electrons. The highest BCUT2D eigenvalue weighted by Crippen LogP contribution is 2.25. The molecular weight excluding hydrogens is 456 g/mol. The van der Waals surface area contributed by atoms with E-state index >= 15 is 0 Å². The Hall–Kier alpha value is -4.98. The molecule has 0 aliphatic rings. The summed E-state index contributed by atoms with van der Waals surface area (Å²) in [6, 6.07) is 30.1. The Labute approximate surface area is 207 Å². The SMILES string of the molecule is Cc1oc(-c2ccccc2)nc1C(=O)OCC(=O)Nc1cc(-c2ccccc2)nn1-c1ccccc1. The van der Waals surface area contributed by atoms with Crippen molar-refractivity contribution in [2.75, 3.05) is 11.9 Å². The van der Waals surface area contributed by atoms with Gasteiger partial charge < -0.3 is 14.5 Å². The molecule has 8 nitrogen and oxygen atoms in total. The number of amides is 1. The molecule has 0 saturated carbocycles. The number of esters is 1. The third-order valence-corrected chi connectivity index (χ3v) is 5.39. The van der Waals surface area contributed by atoms with Gasteiger partial charge in [-0.1, -0.05) is 66.7 Å². The van der Waals surface area contributed by atoms with Crippen molar-refractivity contribution < 1.29 is 18.7 Å². The minimum Gasteiger partial charge on any atom is -0.451 e. The van der Waals surface area contributed by atoms with Crippen LogP contribution in [0.5, 0.6) is 0 Å². The molecule has 0 unspecified atom stereocenters. The number of hydrogen-bond donors (Lipinski definition) is 1. The second kappa shape index (κ2) is 10.1. The van der Waals surface area contributed by atoms with E-state index in [0.29, 0.717) is 23.2 Å². The quantitative estimate of drug-likeness (QED) is 0.319. The number of hydrogen-bond acceptors (Lipinski definition) is 6. The van der Waals surface area contributed by atoms with Gasteiger partial charge in [-0.3, -0.25) is 4.79 Å². The van der Waals surface area contributed by atoms with Crippen LogP contribution in [0.3, 0.4) is 0 Å². The van der Waals surface area contributed by atoms with Gasteiger partial charge in [0.1, 0.15) is 11.6 Å². The minimum atomic E-state index is -0.741. The summed E-state index contributed by atoms with van der Waals surface area (Å²) >= 11 is 0. The second-order valence-electron chi connectivity index (χ2n) is 7.94. The Balaban J connectivity index is 1.30. The summed E-state index contributed by atoms with van der Waals surface area (Å²) in [5.41, 5.74) is 3.14. The summed E-state index contributed by atoms with van der Waals surface area (Å²) in [4.78, 5) is 29.6. The molecule has 0 fully saturated rings. The van der Waals surface area contributed by atoms with E-state index in [9.17, 15) is 9.59 Å². The maximum atomic E-state index is 12.7. The molecule has 8 heteroatoms. The van der Waals surface area contributed by atoms with Gasteiger partial charge in [-0.2, -0.15) is 5.10 Å². The highest BCUT2D eigenvalue weighted by molar-refractivity contribution is 5.95. The molecule has 0 bridgehead atoms. The van der Waals surface area contributed by atoms with Crippen molar-refractivity contribution in [3.05, 3.63) is 109 Å². The van der Waals surface area contributed by atoms with Crippen LogP contribution < -0.4 is 5.32 Å². The molecule has 178 valence electrons. The van der Waals surface area contributed by atoms with E-state index in [-0.39, 0.29) is 5.69 Å². The number of ether oxygens (including phenoxy) is 1. The number of carbonyl (C=O) groups is 2. The van der Waals surface area contributed by atoms with Crippen LogP contribution in [0.15, 0.2) is 101 Å². The summed E-state index contributed by atoms with van der Waals surface area (Å²) in [7, 11) is 0. The van der Waals surface area contributed by atoms with E-state index in [1.54, 1.807) is 17.7 Å². The summed E-state index contributed by atoms with van der Waals surface area (Å²) < 4.78 is 12.5. The number of aryl methyl sites for hydroxylation is 1. The maximum Gasteiger partial charge on any atom is 0.361 e.